The molecule has 0 radical (unpaired) electrons. The first kappa shape index (κ1) is 41.7. The molecule has 0 fully saturated rings. The van der Waals surface area contributed by atoms with Crippen molar-refractivity contribution in [2.75, 3.05) is 7.11 Å². The number of carbonyl (C=O) groups is 4. The molecule has 0 bridgehead atoms. The Balaban J connectivity index is 0.000000224. The van der Waals surface area contributed by atoms with Crippen LogP contribution in [0.15, 0.2) is 122 Å². The smallest absolute Gasteiger partial charge is 0.337 e. The molecule has 0 spiro atoms. The minimum atomic E-state index is -1.04. The Bertz CT molecular complexity index is 2560. The number of nitrogens with one attached hydrogen (secondary N) is 2. The highest BCUT2D eigenvalue weighted by atomic mass is 19.1. The fourth-order valence-electron chi connectivity index (χ4n) is 4.92. The van der Waals surface area contributed by atoms with E-state index in [1.165, 1.54) is 92.3 Å². The largest absolute Gasteiger partial charge is 0.478 e. The van der Waals surface area contributed by atoms with E-state index >= 15 is 0 Å². The first-order valence-electron chi connectivity index (χ1n) is 17.1. The molecular weight excluding hydrogens is 767 g/mol. The van der Waals surface area contributed by atoms with E-state index in [-0.39, 0.29) is 58.7 Å². The van der Waals surface area contributed by atoms with Crippen molar-refractivity contribution in [3.05, 3.63) is 189 Å². The number of aromatic carboxylic acids is 1. The highest BCUT2D eigenvalue weighted by Crippen LogP contribution is 2.28. The summed E-state index contributed by atoms with van der Waals surface area (Å²) in [5.41, 5.74) is 2.44. The molecule has 2 amide bonds. The van der Waals surface area contributed by atoms with E-state index in [4.69, 9.17) is 27.7 Å². The molecule has 0 aliphatic heterocycles. The predicted molar refractivity (Wildman–Crippen MR) is 207 cm³/mol. The summed E-state index contributed by atoms with van der Waals surface area (Å²) in [6.45, 7) is 14.6. The zero-order valence-corrected chi connectivity index (χ0v) is 30.8. The summed E-state index contributed by atoms with van der Waals surface area (Å²) in [5, 5.41) is 14.3. The number of benzene rings is 4. The van der Waals surface area contributed by atoms with Gasteiger partial charge in [-0.2, -0.15) is 0 Å². The third-order valence-corrected chi connectivity index (χ3v) is 7.96. The maximum Gasteiger partial charge on any atom is 0.337 e. The van der Waals surface area contributed by atoms with Gasteiger partial charge in [0.05, 0.1) is 42.5 Å². The van der Waals surface area contributed by atoms with Crippen LogP contribution in [0.1, 0.15) is 52.6 Å². The Morgan fingerprint density at radius 3 is 1.37 bits per heavy atom. The van der Waals surface area contributed by atoms with Crippen LogP contribution in [0.25, 0.3) is 9.69 Å². The molecule has 0 atom stereocenters. The number of halogens is 2. The molecular formula is C43H30F2N6O8. The van der Waals surface area contributed by atoms with Gasteiger partial charge in [0, 0.05) is 25.5 Å². The number of pyridine rings is 2. The standard InChI is InChI=1S/C22H16FN3O4.C21H14FN3O4/c1-24-17-11-19(21(26-13-17)30-18-9-7-16(23)8-10-18)20(27)25-12-14-3-5-15(6-4-14)22(28)29-2;1-23-16-10-18(20(25-12-16)29-17-8-6-15(22)7-9-17)19(26)24-11-13-2-4-14(5-3-13)21(27)28/h3-11,13H,12H2,2H3,(H,25,27);2-10,12H,11H2,(H,24,26)(H,27,28). The summed E-state index contributed by atoms with van der Waals surface area (Å²) >= 11 is 0. The second kappa shape index (κ2) is 19.9. The third-order valence-electron chi connectivity index (χ3n) is 7.96. The molecule has 59 heavy (non-hydrogen) atoms. The van der Waals surface area contributed by atoms with Crippen molar-refractivity contribution in [3.63, 3.8) is 0 Å². The predicted octanol–water partition coefficient (Wildman–Crippen LogP) is 8.47. The Morgan fingerprint density at radius 2 is 1.02 bits per heavy atom. The van der Waals surface area contributed by atoms with Crippen molar-refractivity contribution in [2.24, 2.45) is 0 Å². The van der Waals surface area contributed by atoms with Gasteiger partial charge in [-0.1, -0.05) is 24.3 Å². The van der Waals surface area contributed by atoms with Crippen LogP contribution in [-0.2, 0) is 17.8 Å². The number of hydrogen-bond donors (Lipinski definition) is 3. The van der Waals surface area contributed by atoms with Crippen LogP contribution in [0.3, 0.4) is 0 Å². The Labute approximate surface area is 335 Å². The molecule has 0 unspecified atom stereocenters. The Kier molecular flexibility index (Phi) is 14.0. The van der Waals surface area contributed by atoms with Crippen molar-refractivity contribution in [1.82, 2.24) is 20.6 Å². The topological polar surface area (TPSA) is 175 Å². The van der Waals surface area contributed by atoms with Gasteiger partial charge in [0.2, 0.25) is 23.1 Å². The number of rotatable bonds is 12. The molecule has 6 rings (SSSR count). The number of methoxy groups -OCH3 is 1. The quantitative estimate of drug-likeness (QED) is 0.0805. The second-order valence-electron chi connectivity index (χ2n) is 12.0. The number of hydrogen-bond acceptors (Lipinski definition) is 9. The molecule has 14 nitrogen and oxygen atoms in total. The van der Waals surface area contributed by atoms with Gasteiger partial charge in [-0.3, -0.25) is 9.59 Å². The Morgan fingerprint density at radius 1 is 0.627 bits per heavy atom. The lowest BCUT2D eigenvalue weighted by Gasteiger charge is -2.11. The fourth-order valence-corrected chi connectivity index (χ4v) is 4.92. The average Bonchev–Trinajstić information content (AvgIpc) is 3.26. The SMILES string of the molecule is [C-]#[N+]c1cnc(Oc2ccc(F)cc2)c(C(=O)NCc2ccc(C(=O)O)cc2)c1.[C-]#[N+]c1cnc(Oc2ccc(F)cc2)c(C(=O)NCc2ccc(C(=O)OC)cc2)c1. The van der Waals surface area contributed by atoms with E-state index in [2.05, 4.69) is 35.0 Å². The highest BCUT2D eigenvalue weighted by molar-refractivity contribution is 5.98. The summed E-state index contributed by atoms with van der Waals surface area (Å²) < 4.78 is 42.0. The number of carboxylic acid groups (broad SMARTS) is 1. The summed E-state index contributed by atoms with van der Waals surface area (Å²) in [6.07, 6.45) is 2.56. The number of carboxylic acids is 1. The molecule has 3 N–H and O–H groups in total. The van der Waals surface area contributed by atoms with Crippen molar-refractivity contribution in [3.8, 4) is 23.3 Å². The van der Waals surface area contributed by atoms with Crippen LogP contribution in [0.2, 0.25) is 0 Å². The highest BCUT2D eigenvalue weighted by Gasteiger charge is 2.18. The molecule has 0 saturated heterocycles. The van der Waals surface area contributed by atoms with Crippen LogP contribution < -0.4 is 20.1 Å². The zero-order valence-electron chi connectivity index (χ0n) is 30.8. The fraction of sp³-hybridized carbons (Fsp3) is 0.0698. The summed E-state index contributed by atoms with van der Waals surface area (Å²) in [5.74, 6) is -2.81. The van der Waals surface area contributed by atoms with Crippen LogP contribution in [0, 0.1) is 24.8 Å². The summed E-state index contributed by atoms with van der Waals surface area (Å²) in [4.78, 5) is 62.3. The molecule has 2 aromatic heterocycles. The van der Waals surface area contributed by atoms with Crippen molar-refractivity contribution in [2.45, 2.75) is 13.1 Å². The van der Waals surface area contributed by atoms with Crippen LogP contribution in [0.4, 0.5) is 20.2 Å². The Hall–Kier alpha value is -8.50. The maximum absolute atomic E-state index is 13.1. The zero-order chi connectivity index (χ0) is 42.3. The van der Waals surface area contributed by atoms with Crippen molar-refractivity contribution < 1.29 is 47.3 Å². The van der Waals surface area contributed by atoms with Crippen LogP contribution in [-0.4, -0.2) is 45.9 Å². The van der Waals surface area contributed by atoms with Gasteiger partial charge in [0.25, 0.3) is 11.8 Å². The van der Waals surface area contributed by atoms with Crippen LogP contribution in [0.5, 0.6) is 23.3 Å². The minimum absolute atomic E-state index is 0.00690. The van der Waals surface area contributed by atoms with Gasteiger partial charge in [0.15, 0.2) is 0 Å². The van der Waals surface area contributed by atoms with Crippen LogP contribution >= 0.6 is 0 Å². The van der Waals surface area contributed by atoms with Gasteiger partial charge in [-0.05, 0) is 96.1 Å². The molecule has 0 aliphatic rings. The van der Waals surface area contributed by atoms with Gasteiger partial charge in [0.1, 0.15) is 23.1 Å². The molecule has 4 aromatic carbocycles. The van der Waals surface area contributed by atoms with E-state index in [1.54, 1.807) is 36.4 Å². The number of esters is 1. The van der Waals surface area contributed by atoms with E-state index in [0.29, 0.717) is 16.9 Å². The lowest BCUT2D eigenvalue weighted by atomic mass is 10.1. The van der Waals surface area contributed by atoms with E-state index in [0.717, 1.165) is 5.56 Å². The first-order valence-corrected chi connectivity index (χ1v) is 17.1. The third kappa shape index (κ3) is 11.7. The van der Waals surface area contributed by atoms with Gasteiger partial charge < -0.3 is 30.0 Å². The van der Waals surface area contributed by atoms with Gasteiger partial charge in [-0.15, -0.1) is 0 Å². The summed E-state index contributed by atoms with van der Waals surface area (Å²) in [7, 11) is 1.30. The molecule has 294 valence electrons. The summed E-state index contributed by atoms with van der Waals surface area (Å²) in [6, 6.07) is 25.8. The van der Waals surface area contributed by atoms with E-state index in [9.17, 15) is 28.0 Å². The molecule has 0 aliphatic carbocycles. The van der Waals surface area contributed by atoms with E-state index in [1.807, 2.05) is 0 Å². The van der Waals surface area contributed by atoms with Crippen molar-refractivity contribution >= 4 is 35.1 Å². The molecule has 0 saturated carbocycles. The molecule has 6 aromatic rings. The maximum atomic E-state index is 13.1. The second-order valence-corrected chi connectivity index (χ2v) is 12.0. The average molecular weight is 797 g/mol. The van der Waals surface area contributed by atoms with Gasteiger partial charge >= 0.3 is 11.9 Å². The van der Waals surface area contributed by atoms with E-state index < -0.39 is 35.4 Å². The lowest BCUT2D eigenvalue weighted by Crippen LogP contribution is -2.23. The first-order chi connectivity index (χ1) is 28.5. The lowest BCUT2D eigenvalue weighted by molar-refractivity contribution is 0.0599. The number of ether oxygens (including phenoxy) is 3. The minimum Gasteiger partial charge on any atom is -0.478 e. The molecule has 2 heterocycles. The number of amides is 2. The number of aromatic nitrogens is 2. The normalized spacial score (nSPS) is 10.1. The number of nitrogens with zero attached hydrogens (tertiary/aromatic N) is 4. The monoisotopic (exact) mass is 796 g/mol. The molecule has 16 heteroatoms. The van der Waals surface area contributed by atoms with Gasteiger partial charge in [-0.25, -0.2) is 38.0 Å². The number of carbonyl (C=O) groups excluding carboxylic acids is 3. The van der Waals surface area contributed by atoms with Crippen molar-refractivity contribution in [1.29, 1.82) is 0 Å².